The van der Waals surface area contributed by atoms with Crippen LogP contribution in [0.4, 0.5) is 15.9 Å². The normalized spacial score (nSPS) is 15.2. The van der Waals surface area contributed by atoms with E-state index in [0.717, 1.165) is 63.8 Å². The molecule has 1 fully saturated rings. The number of hydrogen-bond donors (Lipinski definition) is 4. The third kappa shape index (κ3) is 8.04. The predicted molar refractivity (Wildman–Crippen MR) is 131 cm³/mol. The fraction of sp³-hybridized carbons (Fsp3) is 0.565. The largest absolute Gasteiger partial charge is 0.349 e. The molecule has 1 aromatic carbocycles. The Hall–Kier alpha value is -2.04. The highest BCUT2D eigenvalue weighted by Gasteiger charge is 2.15. The van der Waals surface area contributed by atoms with Crippen molar-refractivity contribution in [1.29, 1.82) is 0 Å². The molecule has 3 rings (SSSR count). The van der Waals surface area contributed by atoms with Gasteiger partial charge in [-0.15, -0.1) is 0 Å². The van der Waals surface area contributed by atoms with Gasteiger partial charge >= 0.3 is 5.69 Å². The minimum absolute atomic E-state index is 0.0136. The SMILES string of the molecule is NCCCNCc1cc(Cl)c(F)c(Nc2ccn(CCCCN3CCC(N)CC3)c(=O)n2)c1. The van der Waals surface area contributed by atoms with E-state index in [1.807, 2.05) is 0 Å². The van der Waals surface area contributed by atoms with Crippen LogP contribution in [0.25, 0.3) is 0 Å². The molecule has 182 valence electrons. The molecule has 2 aromatic rings. The summed E-state index contributed by atoms with van der Waals surface area (Å²) in [6, 6.07) is 5.26. The molecule has 0 saturated carbocycles. The Balaban J connectivity index is 1.53. The molecule has 10 heteroatoms. The zero-order valence-electron chi connectivity index (χ0n) is 19.0. The minimum Gasteiger partial charge on any atom is -0.338 e. The molecular weight excluding hydrogens is 445 g/mol. The van der Waals surface area contributed by atoms with Gasteiger partial charge in [0, 0.05) is 25.3 Å². The van der Waals surface area contributed by atoms with E-state index in [0.29, 0.717) is 25.7 Å². The number of aromatic nitrogens is 2. The number of rotatable bonds is 12. The Bertz CT molecular complexity index is 947. The van der Waals surface area contributed by atoms with Gasteiger partial charge in [0.2, 0.25) is 0 Å². The van der Waals surface area contributed by atoms with E-state index in [4.69, 9.17) is 23.1 Å². The fourth-order valence-electron chi connectivity index (χ4n) is 3.90. The molecule has 0 atom stereocenters. The molecule has 1 aromatic heterocycles. The molecule has 0 aliphatic carbocycles. The van der Waals surface area contributed by atoms with Crippen molar-refractivity contribution in [1.82, 2.24) is 19.8 Å². The minimum atomic E-state index is -0.577. The van der Waals surface area contributed by atoms with E-state index >= 15 is 0 Å². The van der Waals surface area contributed by atoms with Gasteiger partial charge in [0.05, 0.1) is 10.7 Å². The maximum Gasteiger partial charge on any atom is 0.349 e. The zero-order chi connectivity index (χ0) is 23.6. The topological polar surface area (TPSA) is 114 Å². The molecule has 0 amide bonds. The van der Waals surface area contributed by atoms with Crippen molar-refractivity contribution in [2.75, 3.05) is 38.0 Å². The summed E-state index contributed by atoms with van der Waals surface area (Å²) in [6.07, 6.45) is 6.55. The second kappa shape index (κ2) is 13.0. The zero-order valence-corrected chi connectivity index (χ0v) is 19.8. The molecule has 8 nitrogen and oxygen atoms in total. The summed E-state index contributed by atoms with van der Waals surface area (Å²) in [4.78, 5) is 18.9. The molecule has 0 unspecified atom stereocenters. The van der Waals surface area contributed by atoms with Crippen molar-refractivity contribution in [2.24, 2.45) is 11.5 Å². The van der Waals surface area contributed by atoms with Gasteiger partial charge in [0.15, 0.2) is 5.82 Å². The lowest BCUT2D eigenvalue weighted by Gasteiger charge is -2.29. The second-order valence-electron chi connectivity index (χ2n) is 8.56. The Kier molecular flexibility index (Phi) is 10.1. The molecular formula is C23H35ClFN7O. The van der Waals surface area contributed by atoms with Crippen LogP contribution < -0.4 is 27.8 Å². The lowest BCUT2D eigenvalue weighted by molar-refractivity contribution is 0.208. The number of nitrogens with one attached hydrogen (secondary N) is 2. The van der Waals surface area contributed by atoms with Gasteiger partial charge in [-0.1, -0.05) is 11.6 Å². The smallest absolute Gasteiger partial charge is 0.338 e. The van der Waals surface area contributed by atoms with Crippen molar-refractivity contribution in [3.63, 3.8) is 0 Å². The summed E-state index contributed by atoms with van der Waals surface area (Å²) >= 11 is 6.06. The highest BCUT2D eigenvalue weighted by molar-refractivity contribution is 6.31. The van der Waals surface area contributed by atoms with Gasteiger partial charge in [-0.2, -0.15) is 4.98 Å². The van der Waals surface area contributed by atoms with Gasteiger partial charge in [-0.05, 0) is 88.6 Å². The van der Waals surface area contributed by atoms with Crippen LogP contribution in [-0.2, 0) is 13.1 Å². The van der Waals surface area contributed by atoms with Crippen molar-refractivity contribution in [3.05, 3.63) is 51.3 Å². The number of piperidine rings is 1. The Morgan fingerprint density at radius 3 is 2.67 bits per heavy atom. The number of benzene rings is 1. The van der Waals surface area contributed by atoms with Crippen LogP contribution in [0.5, 0.6) is 0 Å². The van der Waals surface area contributed by atoms with Gasteiger partial charge < -0.3 is 27.0 Å². The van der Waals surface area contributed by atoms with Gasteiger partial charge in [-0.3, -0.25) is 4.57 Å². The Morgan fingerprint density at radius 1 is 1.18 bits per heavy atom. The first-order valence-corrected chi connectivity index (χ1v) is 12.0. The van der Waals surface area contributed by atoms with E-state index in [2.05, 4.69) is 20.5 Å². The number of aryl methyl sites for hydroxylation is 1. The maximum atomic E-state index is 14.5. The first-order valence-electron chi connectivity index (χ1n) is 11.7. The molecule has 1 saturated heterocycles. The van der Waals surface area contributed by atoms with Gasteiger partial charge in [-0.25, -0.2) is 9.18 Å². The number of hydrogen-bond acceptors (Lipinski definition) is 7. The van der Waals surface area contributed by atoms with Crippen molar-refractivity contribution in [3.8, 4) is 0 Å². The summed E-state index contributed by atoms with van der Waals surface area (Å²) in [5.41, 5.74) is 12.1. The van der Waals surface area contributed by atoms with E-state index in [-0.39, 0.29) is 22.2 Å². The van der Waals surface area contributed by atoms with Gasteiger partial charge in [0.1, 0.15) is 5.82 Å². The predicted octanol–water partition coefficient (Wildman–Crippen LogP) is 2.42. The van der Waals surface area contributed by atoms with Crippen LogP contribution in [0, 0.1) is 5.82 Å². The van der Waals surface area contributed by atoms with Crippen LogP contribution in [0.15, 0.2) is 29.2 Å². The number of nitrogens with two attached hydrogens (primary N) is 2. The van der Waals surface area contributed by atoms with Crippen LogP contribution in [0.1, 0.15) is 37.7 Å². The summed E-state index contributed by atoms with van der Waals surface area (Å²) in [5, 5.41) is 6.14. The van der Waals surface area contributed by atoms with Crippen molar-refractivity contribution in [2.45, 2.75) is 51.2 Å². The Morgan fingerprint density at radius 2 is 1.94 bits per heavy atom. The average Bonchev–Trinajstić information content (AvgIpc) is 2.80. The summed E-state index contributed by atoms with van der Waals surface area (Å²) < 4.78 is 16.1. The van der Waals surface area contributed by atoms with Crippen LogP contribution in [-0.4, -0.2) is 53.2 Å². The van der Waals surface area contributed by atoms with Crippen LogP contribution in [0.2, 0.25) is 5.02 Å². The van der Waals surface area contributed by atoms with E-state index in [1.54, 1.807) is 29.0 Å². The molecule has 2 heterocycles. The number of halogens is 2. The van der Waals surface area contributed by atoms with Crippen molar-refractivity contribution >= 4 is 23.1 Å². The molecule has 0 bridgehead atoms. The molecule has 1 aliphatic heterocycles. The molecule has 0 spiro atoms. The number of nitrogens with zero attached hydrogens (tertiary/aromatic N) is 3. The highest BCUT2D eigenvalue weighted by atomic mass is 35.5. The quantitative estimate of drug-likeness (QED) is 0.345. The molecule has 6 N–H and O–H groups in total. The molecule has 33 heavy (non-hydrogen) atoms. The first kappa shape index (κ1) is 25.6. The molecule has 1 aliphatic rings. The maximum absolute atomic E-state index is 14.5. The van der Waals surface area contributed by atoms with E-state index < -0.39 is 5.82 Å². The second-order valence-corrected chi connectivity index (χ2v) is 8.97. The monoisotopic (exact) mass is 479 g/mol. The first-order chi connectivity index (χ1) is 16.0. The number of likely N-dealkylation sites (tertiary alicyclic amines) is 1. The van der Waals surface area contributed by atoms with E-state index in [1.165, 1.54) is 0 Å². The fourth-order valence-corrected chi connectivity index (χ4v) is 4.14. The van der Waals surface area contributed by atoms with Crippen LogP contribution in [0.3, 0.4) is 0 Å². The summed E-state index contributed by atoms with van der Waals surface area (Å²) in [7, 11) is 0. The lowest BCUT2D eigenvalue weighted by atomic mass is 10.1. The van der Waals surface area contributed by atoms with Crippen LogP contribution >= 0.6 is 11.6 Å². The number of anilines is 2. The standard InChI is InChI=1S/C23H35ClFN7O/c24-19-14-17(16-28-8-3-7-26)15-20(22(19)25)29-21-6-13-32(23(33)30-21)10-2-1-9-31-11-4-18(27)5-12-31/h6,13-15,18,28H,1-5,7-12,16,26-27H2,(H,29,30,33). The number of unbranched alkanes of at least 4 members (excludes halogenated alkanes) is 1. The summed E-state index contributed by atoms with van der Waals surface area (Å²) in [6.45, 7) is 5.63. The van der Waals surface area contributed by atoms with Crippen molar-refractivity contribution < 1.29 is 4.39 Å². The van der Waals surface area contributed by atoms with Gasteiger partial charge in [0.25, 0.3) is 0 Å². The lowest BCUT2D eigenvalue weighted by Crippen LogP contribution is -2.40. The molecule has 0 radical (unpaired) electrons. The third-order valence-corrected chi connectivity index (χ3v) is 6.14. The average molecular weight is 480 g/mol. The highest BCUT2D eigenvalue weighted by Crippen LogP contribution is 2.27. The summed E-state index contributed by atoms with van der Waals surface area (Å²) in [5.74, 6) is -0.295. The Labute approximate surface area is 199 Å². The third-order valence-electron chi connectivity index (χ3n) is 5.87. The van der Waals surface area contributed by atoms with E-state index in [9.17, 15) is 9.18 Å².